The molecule has 248 valence electrons. The molecule has 2 heterocycles. The Labute approximate surface area is 306 Å². The van der Waals surface area contributed by atoms with Gasteiger partial charge in [-0.2, -0.15) is 0 Å². The fourth-order valence-electron chi connectivity index (χ4n) is 7.27. The highest BCUT2D eigenvalue weighted by molar-refractivity contribution is 7.26. The number of aliphatic imine (C=N–C) groups is 3. The third-order valence-electron chi connectivity index (χ3n) is 9.72. The van der Waals surface area contributed by atoms with Crippen molar-refractivity contribution in [1.82, 2.24) is 4.57 Å². The van der Waals surface area contributed by atoms with E-state index in [9.17, 15) is 0 Å². The molecule has 4 nitrogen and oxygen atoms in total. The van der Waals surface area contributed by atoms with Crippen molar-refractivity contribution in [3.63, 3.8) is 0 Å². The van der Waals surface area contributed by atoms with Gasteiger partial charge in [0, 0.05) is 53.3 Å². The first-order chi connectivity index (χ1) is 25.7. The molecule has 9 rings (SSSR count). The highest BCUT2D eigenvalue weighted by atomic mass is 32.1. The van der Waals surface area contributed by atoms with Gasteiger partial charge in [-0.05, 0) is 54.6 Å². The highest BCUT2D eigenvalue weighted by Crippen LogP contribution is 2.44. The third-order valence-corrected chi connectivity index (χ3v) is 10.9. The molecule has 52 heavy (non-hydrogen) atoms. The van der Waals surface area contributed by atoms with E-state index in [1.807, 2.05) is 30.4 Å². The van der Waals surface area contributed by atoms with Crippen molar-refractivity contribution >= 4 is 71.7 Å². The lowest BCUT2D eigenvalue weighted by molar-refractivity contribution is 1.06. The van der Waals surface area contributed by atoms with Crippen LogP contribution in [-0.4, -0.2) is 23.0 Å². The maximum absolute atomic E-state index is 4.84. The molecule has 2 aromatic heterocycles. The van der Waals surface area contributed by atoms with Gasteiger partial charge < -0.3 is 4.57 Å². The van der Waals surface area contributed by atoms with E-state index >= 15 is 0 Å². The summed E-state index contributed by atoms with van der Waals surface area (Å²) in [6, 6.07) is 58.1. The molecule has 0 aliphatic carbocycles. The summed E-state index contributed by atoms with van der Waals surface area (Å²) >= 11 is 1.86. The number of para-hydroxylation sites is 2. The van der Waals surface area contributed by atoms with Crippen molar-refractivity contribution < 1.29 is 0 Å². The Bertz CT molecular complexity index is 2840. The van der Waals surface area contributed by atoms with Crippen LogP contribution in [0, 0.1) is 0 Å². The number of aromatic nitrogens is 1. The van der Waals surface area contributed by atoms with Gasteiger partial charge in [-0.1, -0.05) is 140 Å². The smallest absolute Gasteiger partial charge is 0.160 e. The Balaban J connectivity index is 1.11. The van der Waals surface area contributed by atoms with E-state index in [2.05, 4.69) is 168 Å². The third kappa shape index (κ3) is 5.62. The fourth-order valence-corrected chi connectivity index (χ4v) is 8.50. The van der Waals surface area contributed by atoms with Crippen molar-refractivity contribution in [2.24, 2.45) is 15.0 Å². The predicted octanol–water partition coefficient (Wildman–Crippen LogP) is 12.6. The first kappa shape index (κ1) is 31.5. The summed E-state index contributed by atoms with van der Waals surface area (Å²) in [4.78, 5) is 14.0. The van der Waals surface area contributed by atoms with Gasteiger partial charge in [0.05, 0.1) is 17.6 Å². The SMILES string of the molecule is C=N/C(=N\C(C)=N/Cc1ccc(-c2ccccc2)cc1)c1cccc(-n2c3ccccc3c3cccc(-c4cccc5c4sc4ccccc45)c32)c1. The van der Waals surface area contributed by atoms with Crippen molar-refractivity contribution in [3.8, 4) is 27.9 Å². The molecule has 0 saturated carbocycles. The minimum Gasteiger partial charge on any atom is -0.309 e. The van der Waals surface area contributed by atoms with Crippen molar-refractivity contribution in [2.45, 2.75) is 13.5 Å². The zero-order valence-electron chi connectivity index (χ0n) is 28.7. The lowest BCUT2D eigenvalue weighted by Gasteiger charge is -2.13. The average Bonchev–Trinajstić information content (AvgIpc) is 3.76. The number of fused-ring (bicyclic) bond motifs is 6. The molecule has 5 heteroatoms. The topological polar surface area (TPSA) is 42.0 Å². The van der Waals surface area contributed by atoms with E-state index in [0.29, 0.717) is 18.2 Å². The largest absolute Gasteiger partial charge is 0.309 e. The average molecular weight is 687 g/mol. The second-order valence-electron chi connectivity index (χ2n) is 12.9. The normalized spacial score (nSPS) is 12.3. The van der Waals surface area contributed by atoms with Crippen LogP contribution in [0.4, 0.5) is 0 Å². The molecule has 0 spiro atoms. The number of thiophene rings is 1. The molecule has 7 aromatic carbocycles. The lowest BCUT2D eigenvalue weighted by atomic mass is 10.00. The van der Waals surface area contributed by atoms with E-state index in [1.165, 1.54) is 58.7 Å². The van der Waals surface area contributed by atoms with Gasteiger partial charge in [-0.25, -0.2) is 9.98 Å². The van der Waals surface area contributed by atoms with Gasteiger partial charge in [0.1, 0.15) is 5.84 Å². The molecule has 0 bridgehead atoms. The Morgan fingerprint density at radius 1 is 0.615 bits per heavy atom. The fraction of sp³-hybridized carbons (Fsp3) is 0.0426. The van der Waals surface area contributed by atoms with Crippen LogP contribution in [0.1, 0.15) is 18.1 Å². The predicted molar refractivity (Wildman–Crippen MR) is 224 cm³/mol. The van der Waals surface area contributed by atoms with E-state index in [4.69, 9.17) is 9.98 Å². The van der Waals surface area contributed by atoms with E-state index in [-0.39, 0.29) is 0 Å². The van der Waals surface area contributed by atoms with Crippen LogP contribution in [0.15, 0.2) is 179 Å². The van der Waals surface area contributed by atoms with E-state index in [1.54, 1.807) is 0 Å². The minimum atomic E-state index is 0.533. The summed E-state index contributed by atoms with van der Waals surface area (Å²) < 4.78 is 4.99. The summed E-state index contributed by atoms with van der Waals surface area (Å²) in [5.41, 5.74) is 10.2. The van der Waals surface area contributed by atoms with Crippen molar-refractivity contribution in [3.05, 3.63) is 175 Å². The summed E-state index contributed by atoms with van der Waals surface area (Å²) in [5.74, 6) is 1.19. The highest BCUT2D eigenvalue weighted by Gasteiger charge is 2.19. The number of hydrogen-bond acceptors (Lipinski definition) is 2. The standard InChI is InChI=1S/C47H34N4S/c1-31(49-30-32-25-27-34(28-26-32)33-13-4-3-5-14-33)50-47(48-2)35-15-10-16-36(29-35)51-43-23-8-6-17-37(43)39-19-11-20-40(45(39)51)42-22-12-21-41-38-18-7-9-24-44(38)52-46(41)42/h3-29H,2,30H2,1H3/b49-31-,50-47-. The summed E-state index contributed by atoms with van der Waals surface area (Å²) in [7, 11) is 0. The van der Waals surface area contributed by atoms with Crippen LogP contribution < -0.4 is 0 Å². The maximum Gasteiger partial charge on any atom is 0.160 e. The van der Waals surface area contributed by atoms with Crippen LogP contribution in [-0.2, 0) is 6.54 Å². The molecule has 0 N–H and O–H groups in total. The zero-order valence-corrected chi connectivity index (χ0v) is 29.5. The number of nitrogens with zero attached hydrogens (tertiary/aromatic N) is 4. The van der Waals surface area contributed by atoms with Gasteiger partial charge in [-0.15, -0.1) is 11.3 Å². The van der Waals surface area contributed by atoms with Crippen LogP contribution in [0.3, 0.4) is 0 Å². The van der Waals surface area contributed by atoms with Crippen molar-refractivity contribution in [1.29, 1.82) is 0 Å². The van der Waals surface area contributed by atoms with E-state index in [0.717, 1.165) is 22.3 Å². The molecule has 0 unspecified atom stereocenters. The molecule has 0 amide bonds. The van der Waals surface area contributed by atoms with Gasteiger partial charge in [-0.3, -0.25) is 4.99 Å². The second-order valence-corrected chi connectivity index (χ2v) is 14.0. The summed E-state index contributed by atoms with van der Waals surface area (Å²) in [5, 5.41) is 5.02. The first-order valence-corrected chi connectivity index (χ1v) is 18.2. The van der Waals surface area contributed by atoms with E-state index < -0.39 is 0 Å². The first-order valence-electron chi connectivity index (χ1n) is 17.4. The Kier molecular flexibility index (Phi) is 8.11. The lowest BCUT2D eigenvalue weighted by Crippen LogP contribution is -2.03. The monoisotopic (exact) mass is 686 g/mol. The van der Waals surface area contributed by atoms with Gasteiger partial charge >= 0.3 is 0 Å². The Hall–Kier alpha value is -6.43. The number of amidine groups is 2. The quantitative estimate of drug-likeness (QED) is 0.123. The molecule has 0 fully saturated rings. The molecular weight excluding hydrogens is 653 g/mol. The van der Waals surface area contributed by atoms with Crippen LogP contribution in [0.25, 0.3) is 69.9 Å². The summed E-state index contributed by atoms with van der Waals surface area (Å²) in [6.45, 7) is 6.35. The molecule has 0 aliphatic heterocycles. The second kappa shape index (κ2) is 13.4. The van der Waals surface area contributed by atoms with Crippen molar-refractivity contribution in [2.75, 3.05) is 0 Å². The van der Waals surface area contributed by atoms with Gasteiger partial charge in [0.15, 0.2) is 5.84 Å². The van der Waals surface area contributed by atoms with Gasteiger partial charge in [0.25, 0.3) is 0 Å². The van der Waals surface area contributed by atoms with Gasteiger partial charge in [0.2, 0.25) is 0 Å². The number of benzene rings is 7. The molecule has 0 atom stereocenters. The zero-order chi connectivity index (χ0) is 35.0. The molecular formula is C47H34N4S. The molecule has 0 aliphatic rings. The Morgan fingerprint density at radius 2 is 1.29 bits per heavy atom. The van der Waals surface area contributed by atoms with Crippen LogP contribution in [0.2, 0.25) is 0 Å². The molecule has 0 radical (unpaired) electrons. The number of rotatable bonds is 6. The number of hydrogen-bond donors (Lipinski definition) is 0. The maximum atomic E-state index is 4.84. The van der Waals surface area contributed by atoms with Crippen LogP contribution >= 0.6 is 11.3 Å². The molecule has 9 aromatic rings. The Morgan fingerprint density at radius 3 is 2.12 bits per heavy atom. The minimum absolute atomic E-state index is 0.533. The molecule has 0 saturated heterocycles. The van der Waals surface area contributed by atoms with Crippen LogP contribution in [0.5, 0.6) is 0 Å². The summed E-state index contributed by atoms with van der Waals surface area (Å²) in [6.07, 6.45) is 0.